The normalized spacial score (nSPS) is 20.3. The molecule has 1 saturated heterocycles. The first kappa shape index (κ1) is 20.5. The van der Waals surface area contributed by atoms with Gasteiger partial charge >= 0.3 is 0 Å². The summed E-state index contributed by atoms with van der Waals surface area (Å²) in [4.78, 5) is 23.8. The van der Waals surface area contributed by atoms with Crippen molar-refractivity contribution in [2.24, 2.45) is 0 Å². The number of aliphatic hydroxyl groups excluding tert-OH is 1. The van der Waals surface area contributed by atoms with Crippen molar-refractivity contribution in [1.29, 1.82) is 0 Å². The second-order valence-corrected chi connectivity index (χ2v) is 8.14. The maximum absolute atomic E-state index is 13.1. The second kappa shape index (κ2) is 8.27. The van der Waals surface area contributed by atoms with E-state index < -0.39 is 12.2 Å². The lowest BCUT2D eigenvalue weighted by atomic mass is 10.0. The zero-order chi connectivity index (χ0) is 22.2. The molecule has 1 aromatic heterocycles. The average Bonchev–Trinajstić information content (AvgIpc) is 2.80. The molecule has 2 aliphatic heterocycles. The van der Waals surface area contributed by atoms with Gasteiger partial charge in [0.25, 0.3) is 5.91 Å². The average molecular weight is 435 g/mol. The Balaban J connectivity index is 1.29. The largest absolute Gasteiger partial charge is 0.486 e. The van der Waals surface area contributed by atoms with Gasteiger partial charge in [-0.2, -0.15) is 0 Å². The van der Waals surface area contributed by atoms with E-state index in [1.807, 2.05) is 32.0 Å². The molecule has 3 heterocycles. The zero-order valence-corrected chi connectivity index (χ0v) is 18.1. The molecular weight excluding hydrogens is 410 g/mol. The number of amides is 1. The highest BCUT2D eigenvalue weighted by atomic mass is 16.6. The second-order valence-electron chi connectivity index (χ2n) is 8.14. The highest BCUT2D eigenvalue weighted by molar-refractivity contribution is 5.97. The van der Waals surface area contributed by atoms with E-state index in [2.05, 4.69) is 9.97 Å². The van der Waals surface area contributed by atoms with Crippen LogP contribution in [0.3, 0.4) is 0 Å². The van der Waals surface area contributed by atoms with E-state index in [9.17, 15) is 9.90 Å². The number of para-hydroxylation sites is 1. The van der Waals surface area contributed by atoms with Crippen LogP contribution in [0.15, 0.2) is 36.4 Å². The first-order chi connectivity index (χ1) is 15.5. The number of aliphatic hydroxyl groups is 1. The first-order valence-corrected chi connectivity index (χ1v) is 10.8. The summed E-state index contributed by atoms with van der Waals surface area (Å²) >= 11 is 0. The number of carbonyl (C=O) groups is 1. The van der Waals surface area contributed by atoms with Crippen LogP contribution in [0.4, 0.5) is 0 Å². The summed E-state index contributed by atoms with van der Waals surface area (Å²) in [5, 5.41) is 10.7. The van der Waals surface area contributed by atoms with Crippen molar-refractivity contribution in [2.45, 2.75) is 32.5 Å². The third-order valence-electron chi connectivity index (χ3n) is 5.94. The lowest BCUT2D eigenvalue weighted by Gasteiger charge is -2.36. The molecule has 1 fully saturated rings. The summed E-state index contributed by atoms with van der Waals surface area (Å²) in [7, 11) is 0. The molecular formula is C24H25N3O5. The number of aryl methyl sites for hydroxylation is 2. The number of likely N-dealkylation sites (tertiary alicyclic amines) is 1. The van der Waals surface area contributed by atoms with E-state index in [4.69, 9.17) is 14.2 Å². The lowest BCUT2D eigenvalue weighted by Crippen LogP contribution is -2.51. The van der Waals surface area contributed by atoms with Crippen LogP contribution in [0.1, 0.15) is 28.2 Å². The minimum absolute atomic E-state index is 0.141. The summed E-state index contributed by atoms with van der Waals surface area (Å²) in [6.45, 7) is 5.44. The Morgan fingerprint density at radius 1 is 1.09 bits per heavy atom. The van der Waals surface area contributed by atoms with Crippen molar-refractivity contribution < 1.29 is 24.1 Å². The molecule has 0 spiro atoms. The number of ether oxygens (including phenoxy) is 3. The molecule has 0 bridgehead atoms. The third kappa shape index (κ3) is 3.82. The van der Waals surface area contributed by atoms with Crippen LogP contribution in [0.2, 0.25) is 0 Å². The predicted molar refractivity (Wildman–Crippen MR) is 117 cm³/mol. The molecule has 2 atom stereocenters. The van der Waals surface area contributed by atoms with Crippen LogP contribution in [0.25, 0.3) is 11.0 Å². The van der Waals surface area contributed by atoms with Gasteiger partial charge in [0.15, 0.2) is 11.5 Å². The minimum atomic E-state index is -0.821. The molecule has 2 aromatic carbocycles. The maximum Gasteiger partial charge on any atom is 0.254 e. The van der Waals surface area contributed by atoms with Crippen LogP contribution in [-0.2, 0) is 0 Å². The summed E-state index contributed by atoms with van der Waals surface area (Å²) < 4.78 is 17.4. The maximum atomic E-state index is 13.1. The third-order valence-corrected chi connectivity index (χ3v) is 5.94. The molecule has 8 nitrogen and oxygen atoms in total. The van der Waals surface area contributed by atoms with Gasteiger partial charge in [-0.3, -0.25) is 4.79 Å². The van der Waals surface area contributed by atoms with Crippen molar-refractivity contribution in [3.63, 3.8) is 0 Å². The molecule has 166 valence electrons. The molecule has 0 unspecified atom stereocenters. The molecule has 0 saturated carbocycles. The van der Waals surface area contributed by atoms with Crippen molar-refractivity contribution >= 4 is 16.9 Å². The topological polar surface area (TPSA) is 94.0 Å². The molecule has 2 aliphatic rings. The number of benzene rings is 2. The fraction of sp³-hybridized carbons (Fsp3) is 0.375. The standard InChI is InChI=1S/C24H25N3O5/c1-14-15(2)26-18-12-16(6-7-17(18)25-14)24(29)27-9-8-20(19(28)13-27)32-22-5-3-4-21-23(22)31-11-10-30-21/h3-7,12,19-20,28H,8-11,13H2,1-2H3/t19-,20-/m1/s1. The summed E-state index contributed by atoms with van der Waals surface area (Å²) in [5.41, 5.74) is 3.69. The number of carbonyl (C=O) groups excluding carboxylic acids is 1. The first-order valence-electron chi connectivity index (χ1n) is 10.8. The number of β-amino-alcohol motifs (C(OH)–C–C–N with tert-alkyl or cyclic N) is 1. The van der Waals surface area contributed by atoms with E-state index in [1.165, 1.54) is 0 Å². The molecule has 5 rings (SSSR count). The van der Waals surface area contributed by atoms with Crippen molar-refractivity contribution in [1.82, 2.24) is 14.9 Å². The van der Waals surface area contributed by atoms with Gasteiger partial charge in [0.05, 0.1) is 29.0 Å². The summed E-state index contributed by atoms with van der Waals surface area (Å²) in [5.74, 6) is 1.61. The Kier molecular flexibility index (Phi) is 5.30. The van der Waals surface area contributed by atoms with E-state index in [0.717, 1.165) is 16.9 Å². The Hall–Kier alpha value is -3.39. The highest BCUT2D eigenvalue weighted by Gasteiger charge is 2.33. The highest BCUT2D eigenvalue weighted by Crippen LogP contribution is 2.40. The van der Waals surface area contributed by atoms with Crippen LogP contribution < -0.4 is 14.2 Å². The molecule has 0 radical (unpaired) electrons. The van der Waals surface area contributed by atoms with Crippen molar-refractivity contribution in [2.75, 3.05) is 26.3 Å². The number of hydrogen-bond acceptors (Lipinski definition) is 7. The minimum Gasteiger partial charge on any atom is -0.486 e. The van der Waals surface area contributed by atoms with E-state index >= 15 is 0 Å². The van der Waals surface area contributed by atoms with Gasteiger partial charge in [0.1, 0.15) is 25.4 Å². The van der Waals surface area contributed by atoms with E-state index in [1.54, 1.807) is 23.1 Å². The number of aromatic nitrogens is 2. The zero-order valence-electron chi connectivity index (χ0n) is 18.1. The number of piperidine rings is 1. The monoisotopic (exact) mass is 435 g/mol. The van der Waals surface area contributed by atoms with E-state index in [0.29, 0.717) is 54.5 Å². The fourth-order valence-electron chi connectivity index (χ4n) is 4.08. The molecule has 3 aromatic rings. The number of nitrogens with zero attached hydrogens (tertiary/aromatic N) is 3. The van der Waals surface area contributed by atoms with Gasteiger partial charge in [-0.05, 0) is 44.2 Å². The molecule has 0 aliphatic carbocycles. The molecule has 8 heteroatoms. The summed E-state index contributed by atoms with van der Waals surface area (Å²) in [6, 6.07) is 10.8. The molecule has 1 N–H and O–H groups in total. The van der Waals surface area contributed by atoms with Gasteiger partial charge in [-0.1, -0.05) is 6.07 Å². The van der Waals surface area contributed by atoms with Crippen LogP contribution in [0.5, 0.6) is 17.2 Å². The number of rotatable bonds is 3. The van der Waals surface area contributed by atoms with Crippen LogP contribution in [0, 0.1) is 13.8 Å². The SMILES string of the molecule is Cc1nc2ccc(C(=O)N3CC[C@@H](Oc4cccc5c4OCCO5)[C@H](O)C3)cc2nc1C. The van der Waals surface area contributed by atoms with Gasteiger partial charge in [0, 0.05) is 18.5 Å². The molecule has 1 amide bonds. The van der Waals surface area contributed by atoms with Gasteiger partial charge < -0.3 is 24.2 Å². The van der Waals surface area contributed by atoms with Gasteiger partial charge in [-0.15, -0.1) is 0 Å². The Morgan fingerprint density at radius 2 is 1.88 bits per heavy atom. The van der Waals surface area contributed by atoms with E-state index in [-0.39, 0.29) is 12.5 Å². The Labute approximate surface area is 185 Å². The van der Waals surface area contributed by atoms with Crippen LogP contribution in [-0.4, -0.2) is 64.4 Å². The number of fused-ring (bicyclic) bond motifs is 2. The Morgan fingerprint density at radius 3 is 2.69 bits per heavy atom. The Bertz CT molecular complexity index is 1180. The number of hydrogen-bond donors (Lipinski definition) is 1. The fourth-order valence-corrected chi connectivity index (χ4v) is 4.08. The quantitative estimate of drug-likeness (QED) is 0.676. The van der Waals surface area contributed by atoms with Crippen molar-refractivity contribution in [3.05, 3.63) is 53.3 Å². The molecule has 32 heavy (non-hydrogen) atoms. The predicted octanol–water partition coefficient (Wildman–Crippen LogP) is 2.67. The summed E-state index contributed by atoms with van der Waals surface area (Å²) in [6.07, 6.45) is -0.759. The lowest BCUT2D eigenvalue weighted by molar-refractivity contribution is -0.0214. The van der Waals surface area contributed by atoms with Gasteiger partial charge in [0.2, 0.25) is 5.75 Å². The smallest absolute Gasteiger partial charge is 0.254 e. The van der Waals surface area contributed by atoms with Crippen LogP contribution >= 0.6 is 0 Å². The van der Waals surface area contributed by atoms with Gasteiger partial charge in [-0.25, -0.2) is 9.97 Å². The van der Waals surface area contributed by atoms with Crippen molar-refractivity contribution in [3.8, 4) is 17.2 Å².